The van der Waals surface area contributed by atoms with Gasteiger partial charge in [-0.15, -0.1) is 11.3 Å². The molecule has 0 saturated heterocycles. The molecule has 1 nitrogen and oxygen atoms in total. The molecule has 0 spiro atoms. The van der Waals surface area contributed by atoms with E-state index in [-0.39, 0.29) is 0 Å². The molecule has 14 heavy (non-hydrogen) atoms. The highest BCUT2D eigenvalue weighted by Gasteiger charge is 2.03. The van der Waals surface area contributed by atoms with E-state index in [9.17, 15) is 0 Å². The Bertz CT molecular complexity index is 519. The van der Waals surface area contributed by atoms with Crippen LogP contribution in [0.1, 0.15) is 0 Å². The van der Waals surface area contributed by atoms with E-state index in [1.54, 1.807) is 0 Å². The van der Waals surface area contributed by atoms with E-state index in [4.69, 9.17) is 0 Å². The van der Waals surface area contributed by atoms with E-state index in [1.807, 2.05) is 23.6 Å². The topological polar surface area (TPSA) is 15.8 Å². The van der Waals surface area contributed by atoms with E-state index in [0.717, 1.165) is 0 Å². The summed E-state index contributed by atoms with van der Waals surface area (Å²) >= 11 is 1.83. The van der Waals surface area contributed by atoms with Crippen molar-refractivity contribution in [3.05, 3.63) is 48.7 Å². The predicted molar refractivity (Wildman–Crippen MR) is 61.6 cm³/mol. The van der Waals surface area contributed by atoms with E-state index in [2.05, 4.69) is 41.4 Å². The Labute approximate surface area is 86.0 Å². The number of benzene rings is 1. The van der Waals surface area contributed by atoms with Crippen LogP contribution in [0.5, 0.6) is 0 Å². The number of nitrogens with one attached hydrogen (secondary N) is 1. The number of hydrogen-bond acceptors (Lipinski definition) is 1. The van der Waals surface area contributed by atoms with Gasteiger partial charge in [-0.25, -0.2) is 0 Å². The first kappa shape index (κ1) is 7.83. The Kier molecular flexibility index (Phi) is 1.67. The molecular weight excluding hydrogens is 190 g/mol. The van der Waals surface area contributed by atoms with Gasteiger partial charge in [-0.1, -0.05) is 30.3 Å². The van der Waals surface area contributed by atoms with Crippen molar-refractivity contribution in [3.8, 4) is 10.4 Å². The van der Waals surface area contributed by atoms with Gasteiger partial charge in [0.15, 0.2) is 0 Å². The third kappa shape index (κ3) is 1.16. The van der Waals surface area contributed by atoms with E-state index < -0.39 is 0 Å². The van der Waals surface area contributed by atoms with Crippen molar-refractivity contribution in [2.45, 2.75) is 0 Å². The Balaban J connectivity index is 2.19. The minimum absolute atomic E-state index is 1.23. The molecule has 0 aliphatic carbocycles. The van der Waals surface area contributed by atoms with Gasteiger partial charge >= 0.3 is 0 Å². The van der Waals surface area contributed by atoms with Crippen LogP contribution in [-0.4, -0.2) is 4.98 Å². The van der Waals surface area contributed by atoms with Crippen molar-refractivity contribution in [1.29, 1.82) is 0 Å². The fourth-order valence-corrected chi connectivity index (χ4v) is 2.63. The third-order valence-corrected chi connectivity index (χ3v) is 3.44. The molecular formula is C12H9NS. The minimum atomic E-state index is 1.23. The van der Waals surface area contributed by atoms with Gasteiger partial charge in [-0.2, -0.15) is 0 Å². The van der Waals surface area contributed by atoms with Crippen molar-refractivity contribution < 1.29 is 0 Å². The molecule has 1 aromatic carbocycles. The molecule has 3 rings (SSSR count). The molecule has 0 amide bonds. The maximum Gasteiger partial charge on any atom is 0.0570 e. The molecule has 0 saturated carbocycles. The van der Waals surface area contributed by atoms with Gasteiger partial charge in [0.05, 0.1) is 10.2 Å². The van der Waals surface area contributed by atoms with Crippen molar-refractivity contribution in [3.63, 3.8) is 0 Å². The summed E-state index contributed by atoms with van der Waals surface area (Å²) < 4.78 is 1.32. The first-order valence-corrected chi connectivity index (χ1v) is 5.37. The molecule has 2 aromatic heterocycles. The van der Waals surface area contributed by atoms with E-state index in [0.29, 0.717) is 0 Å². The number of rotatable bonds is 1. The minimum Gasteiger partial charge on any atom is -0.360 e. The van der Waals surface area contributed by atoms with Crippen LogP contribution in [0.4, 0.5) is 0 Å². The molecule has 0 fully saturated rings. The van der Waals surface area contributed by atoms with Crippen LogP contribution in [0.3, 0.4) is 0 Å². The van der Waals surface area contributed by atoms with Gasteiger partial charge in [0.25, 0.3) is 0 Å². The lowest BCUT2D eigenvalue weighted by Crippen LogP contribution is -1.68. The van der Waals surface area contributed by atoms with Crippen LogP contribution in [0.2, 0.25) is 0 Å². The van der Waals surface area contributed by atoms with Gasteiger partial charge in [0, 0.05) is 11.1 Å². The van der Waals surface area contributed by atoms with Gasteiger partial charge < -0.3 is 4.98 Å². The zero-order valence-corrected chi connectivity index (χ0v) is 8.34. The summed E-state index contributed by atoms with van der Waals surface area (Å²) in [5.41, 5.74) is 2.52. The van der Waals surface area contributed by atoms with Crippen LogP contribution in [0, 0.1) is 0 Å². The second kappa shape index (κ2) is 3.00. The number of thiophene rings is 1. The van der Waals surface area contributed by atoms with E-state index in [1.165, 1.54) is 20.7 Å². The Morgan fingerprint density at radius 1 is 1.00 bits per heavy atom. The van der Waals surface area contributed by atoms with Gasteiger partial charge in [-0.05, 0) is 17.7 Å². The molecule has 0 unspecified atom stereocenters. The summed E-state index contributed by atoms with van der Waals surface area (Å²) in [6.07, 6.45) is 1.98. The average Bonchev–Trinajstić information content (AvgIpc) is 2.78. The molecule has 0 atom stereocenters. The van der Waals surface area contributed by atoms with Crippen LogP contribution in [0.15, 0.2) is 48.7 Å². The number of H-pyrrole nitrogens is 1. The highest BCUT2D eigenvalue weighted by Crippen LogP contribution is 2.32. The fraction of sp³-hybridized carbons (Fsp3) is 0. The molecule has 68 valence electrons. The predicted octanol–water partition coefficient (Wildman–Crippen LogP) is 3.90. The van der Waals surface area contributed by atoms with Crippen LogP contribution >= 0.6 is 11.3 Å². The quantitative estimate of drug-likeness (QED) is 0.612. The Morgan fingerprint density at radius 3 is 2.64 bits per heavy atom. The van der Waals surface area contributed by atoms with Gasteiger partial charge in [0.2, 0.25) is 0 Å². The second-order valence-electron chi connectivity index (χ2n) is 3.23. The zero-order chi connectivity index (χ0) is 9.38. The van der Waals surface area contributed by atoms with E-state index >= 15 is 0 Å². The van der Waals surface area contributed by atoms with Gasteiger partial charge in [0.1, 0.15) is 0 Å². The monoisotopic (exact) mass is 199 g/mol. The lowest BCUT2D eigenvalue weighted by atomic mass is 10.2. The van der Waals surface area contributed by atoms with Crippen LogP contribution < -0.4 is 0 Å². The standard InChI is InChI=1S/C12H9NS/c1-2-4-9(5-3-1)12-8-10-11(14-12)6-7-13-10/h1-8,13H. The zero-order valence-electron chi connectivity index (χ0n) is 7.53. The molecule has 0 radical (unpaired) electrons. The molecule has 0 aliphatic heterocycles. The number of aromatic amines is 1. The highest BCUT2D eigenvalue weighted by atomic mass is 32.1. The Morgan fingerprint density at radius 2 is 1.86 bits per heavy atom. The summed E-state index contributed by atoms with van der Waals surface area (Å²) in [6, 6.07) is 14.8. The summed E-state index contributed by atoms with van der Waals surface area (Å²) in [5, 5.41) is 0. The average molecular weight is 199 g/mol. The summed E-state index contributed by atoms with van der Waals surface area (Å²) in [4.78, 5) is 4.55. The lowest BCUT2D eigenvalue weighted by Gasteiger charge is -1.93. The summed E-state index contributed by atoms with van der Waals surface area (Å²) in [7, 11) is 0. The smallest absolute Gasteiger partial charge is 0.0570 e. The Hall–Kier alpha value is -1.54. The molecule has 0 aliphatic rings. The summed E-state index contributed by atoms with van der Waals surface area (Å²) in [6.45, 7) is 0. The largest absolute Gasteiger partial charge is 0.360 e. The summed E-state index contributed by atoms with van der Waals surface area (Å²) in [5.74, 6) is 0. The SMILES string of the molecule is c1ccc(-c2cc3[nH]ccc3s2)cc1. The normalized spacial score (nSPS) is 10.9. The molecule has 2 heteroatoms. The molecule has 3 aromatic rings. The van der Waals surface area contributed by atoms with Crippen LogP contribution in [-0.2, 0) is 0 Å². The second-order valence-corrected chi connectivity index (χ2v) is 4.32. The maximum absolute atomic E-state index is 3.22. The van der Waals surface area contributed by atoms with Crippen molar-refractivity contribution >= 4 is 21.6 Å². The highest BCUT2D eigenvalue weighted by molar-refractivity contribution is 7.22. The number of hydrogen-bond donors (Lipinski definition) is 1. The maximum atomic E-state index is 3.22. The van der Waals surface area contributed by atoms with Crippen LogP contribution in [0.25, 0.3) is 20.7 Å². The third-order valence-electron chi connectivity index (χ3n) is 2.29. The van der Waals surface area contributed by atoms with Crippen molar-refractivity contribution in [1.82, 2.24) is 4.98 Å². The van der Waals surface area contributed by atoms with Crippen molar-refractivity contribution in [2.24, 2.45) is 0 Å². The fourth-order valence-electron chi connectivity index (χ4n) is 1.59. The molecule has 1 N–H and O–H groups in total. The number of aromatic nitrogens is 1. The van der Waals surface area contributed by atoms with Gasteiger partial charge in [-0.3, -0.25) is 0 Å². The van der Waals surface area contributed by atoms with Crippen molar-refractivity contribution in [2.75, 3.05) is 0 Å². The number of fused-ring (bicyclic) bond motifs is 1. The first-order valence-electron chi connectivity index (χ1n) is 4.56. The molecule has 0 bridgehead atoms. The first-order chi connectivity index (χ1) is 6.93. The lowest BCUT2D eigenvalue weighted by molar-refractivity contribution is 1.48. The molecule has 2 heterocycles.